The van der Waals surface area contributed by atoms with Crippen LogP contribution in [0.4, 0.5) is 10.5 Å². The van der Waals surface area contributed by atoms with Crippen molar-refractivity contribution in [3.05, 3.63) is 29.8 Å². The lowest BCUT2D eigenvalue weighted by Crippen LogP contribution is -2.37. The highest BCUT2D eigenvalue weighted by Gasteiger charge is 2.31. The van der Waals surface area contributed by atoms with E-state index in [0.29, 0.717) is 13.0 Å². The normalized spacial score (nSPS) is 18.9. The lowest BCUT2D eigenvalue weighted by Gasteiger charge is -2.17. The zero-order valence-corrected chi connectivity index (χ0v) is 10.5. The summed E-state index contributed by atoms with van der Waals surface area (Å²) in [5.74, 6) is 0.0141. The lowest BCUT2D eigenvalue weighted by atomic mass is 10.2. The number of hydrogen-bond donors (Lipinski definition) is 1. The summed E-state index contributed by atoms with van der Waals surface area (Å²) < 4.78 is 4.52. The van der Waals surface area contributed by atoms with E-state index in [4.69, 9.17) is 0 Å². The van der Waals surface area contributed by atoms with Gasteiger partial charge in [0.1, 0.15) is 0 Å². The molecule has 1 aromatic rings. The van der Waals surface area contributed by atoms with Crippen LogP contribution in [0.25, 0.3) is 0 Å². The first-order valence-electron chi connectivity index (χ1n) is 5.81. The smallest absolute Gasteiger partial charge is 0.407 e. The molecule has 1 aliphatic heterocycles. The van der Waals surface area contributed by atoms with Crippen molar-refractivity contribution in [2.75, 3.05) is 18.6 Å². The van der Waals surface area contributed by atoms with E-state index in [0.717, 1.165) is 11.3 Å². The Kier molecular flexibility index (Phi) is 3.50. The topological polar surface area (TPSA) is 58.6 Å². The van der Waals surface area contributed by atoms with Crippen LogP contribution in [0.5, 0.6) is 0 Å². The molecule has 1 N–H and O–H groups in total. The van der Waals surface area contributed by atoms with Crippen LogP contribution in [-0.2, 0) is 9.53 Å². The van der Waals surface area contributed by atoms with Crippen LogP contribution in [0.3, 0.4) is 0 Å². The van der Waals surface area contributed by atoms with Gasteiger partial charge in [0.15, 0.2) is 0 Å². The minimum absolute atomic E-state index is 0.0141. The second-order valence-corrected chi connectivity index (χ2v) is 4.38. The number of hydrogen-bond acceptors (Lipinski definition) is 3. The Labute approximate surface area is 106 Å². The van der Waals surface area contributed by atoms with Crippen molar-refractivity contribution < 1.29 is 14.3 Å². The van der Waals surface area contributed by atoms with Gasteiger partial charge in [-0.25, -0.2) is 4.79 Å². The number of benzene rings is 1. The largest absolute Gasteiger partial charge is 0.453 e. The molecular weight excluding hydrogens is 232 g/mol. The van der Waals surface area contributed by atoms with E-state index in [-0.39, 0.29) is 11.9 Å². The van der Waals surface area contributed by atoms with Crippen molar-refractivity contribution in [1.29, 1.82) is 0 Å². The molecule has 5 heteroatoms. The third-order valence-corrected chi connectivity index (χ3v) is 2.98. The highest BCUT2D eigenvalue weighted by atomic mass is 16.5. The van der Waals surface area contributed by atoms with E-state index in [9.17, 15) is 9.59 Å². The number of methoxy groups -OCH3 is 1. The zero-order chi connectivity index (χ0) is 13.1. The number of amides is 2. The number of carbonyl (C=O) groups excluding carboxylic acids is 2. The number of rotatable bonds is 2. The molecule has 0 radical (unpaired) electrons. The Morgan fingerprint density at radius 1 is 1.39 bits per heavy atom. The maximum atomic E-state index is 11.9. The fourth-order valence-electron chi connectivity index (χ4n) is 2.00. The molecule has 0 saturated carbocycles. The monoisotopic (exact) mass is 248 g/mol. The van der Waals surface area contributed by atoms with Crippen molar-refractivity contribution in [2.45, 2.75) is 19.4 Å². The number of nitrogens with one attached hydrogen (secondary N) is 1. The van der Waals surface area contributed by atoms with Crippen LogP contribution >= 0.6 is 0 Å². The fourth-order valence-corrected chi connectivity index (χ4v) is 2.00. The molecule has 0 aliphatic carbocycles. The quantitative estimate of drug-likeness (QED) is 0.862. The molecule has 18 heavy (non-hydrogen) atoms. The SMILES string of the molecule is COC(=O)N[C@H]1CC(=O)N(c2ccc(C)cc2)C1. The molecule has 1 atom stereocenters. The van der Waals surface area contributed by atoms with E-state index < -0.39 is 6.09 Å². The molecule has 1 heterocycles. The van der Waals surface area contributed by atoms with Crippen molar-refractivity contribution in [2.24, 2.45) is 0 Å². The molecule has 0 spiro atoms. The number of anilines is 1. The van der Waals surface area contributed by atoms with E-state index in [1.54, 1.807) is 4.90 Å². The summed E-state index contributed by atoms with van der Waals surface area (Å²) in [4.78, 5) is 24.7. The van der Waals surface area contributed by atoms with Gasteiger partial charge >= 0.3 is 6.09 Å². The Bertz CT molecular complexity index is 456. The minimum atomic E-state index is -0.501. The van der Waals surface area contributed by atoms with Crippen molar-refractivity contribution in [3.8, 4) is 0 Å². The third kappa shape index (κ3) is 2.61. The van der Waals surface area contributed by atoms with Crippen molar-refractivity contribution >= 4 is 17.7 Å². The van der Waals surface area contributed by atoms with Crippen LogP contribution in [0.1, 0.15) is 12.0 Å². The molecule has 2 amide bonds. The van der Waals surface area contributed by atoms with Gasteiger partial charge < -0.3 is 15.0 Å². The first-order chi connectivity index (χ1) is 8.60. The molecule has 96 valence electrons. The van der Waals surface area contributed by atoms with Gasteiger partial charge in [0.2, 0.25) is 5.91 Å². The van der Waals surface area contributed by atoms with Gasteiger partial charge in [0, 0.05) is 18.7 Å². The number of aryl methyl sites for hydroxylation is 1. The number of carbonyl (C=O) groups is 2. The summed E-state index contributed by atoms with van der Waals surface area (Å²) in [5.41, 5.74) is 2.01. The second-order valence-electron chi connectivity index (χ2n) is 4.38. The molecule has 1 aromatic carbocycles. The standard InChI is InChI=1S/C13H16N2O3/c1-9-3-5-11(6-4-9)15-8-10(7-12(15)16)14-13(17)18-2/h3-6,10H,7-8H2,1-2H3,(H,14,17)/t10-/m0/s1. The zero-order valence-electron chi connectivity index (χ0n) is 10.5. The minimum Gasteiger partial charge on any atom is -0.453 e. The molecule has 2 rings (SSSR count). The molecule has 5 nitrogen and oxygen atoms in total. The predicted molar refractivity (Wildman–Crippen MR) is 67.5 cm³/mol. The van der Waals surface area contributed by atoms with Gasteiger partial charge in [-0.05, 0) is 19.1 Å². The summed E-state index contributed by atoms with van der Waals surface area (Å²) >= 11 is 0. The number of ether oxygens (including phenoxy) is 1. The molecular formula is C13H16N2O3. The van der Waals surface area contributed by atoms with Gasteiger partial charge in [0.05, 0.1) is 13.2 Å². The Hall–Kier alpha value is -2.04. The summed E-state index contributed by atoms with van der Waals surface area (Å²) in [6, 6.07) is 7.56. The summed E-state index contributed by atoms with van der Waals surface area (Å²) in [5, 5.41) is 2.65. The van der Waals surface area contributed by atoms with Crippen LogP contribution in [0, 0.1) is 6.92 Å². The van der Waals surface area contributed by atoms with Crippen LogP contribution in [0.2, 0.25) is 0 Å². The molecule has 1 saturated heterocycles. The Morgan fingerprint density at radius 3 is 2.67 bits per heavy atom. The summed E-state index contributed by atoms with van der Waals surface area (Å²) in [6.07, 6.45) is -0.193. The average molecular weight is 248 g/mol. The average Bonchev–Trinajstić information content (AvgIpc) is 2.71. The van der Waals surface area contributed by atoms with Crippen molar-refractivity contribution in [3.63, 3.8) is 0 Å². The second kappa shape index (κ2) is 5.08. The van der Waals surface area contributed by atoms with Crippen LogP contribution < -0.4 is 10.2 Å². The summed E-state index contributed by atoms with van der Waals surface area (Å²) in [6.45, 7) is 2.48. The van der Waals surface area contributed by atoms with Gasteiger partial charge in [-0.15, -0.1) is 0 Å². The molecule has 0 unspecified atom stereocenters. The van der Waals surface area contributed by atoms with Gasteiger partial charge in [-0.1, -0.05) is 17.7 Å². The van der Waals surface area contributed by atoms with E-state index in [2.05, 4.69) is 10.1 Å². The number of nitrogens with zero attached hydrogens (tertiary/aromatic N) is 1. The van der Waals surface area contributed by atoms with E-state index >= 15 is 0 Å². The van der Waals surface area contributed by atoms with E-state index in [1.807, 2.05) is 31.2 Å². The van der Waals surface area contributed by atoms with E-state index in [1.165, 1.54) is 7.11 Å². The Morgan fingerprint density at radius 2 is 2.06 bits per heavy atom. The number of alkyl carbamates (subject to hydrolysis) is 1. The third-order valence-electron chi connectivity index (χ3n) is 2.98. The molecule has 0 aromatic heterocycles. The maximum Gasteiger partial charge on any atom is 0.407 e. The van der Waals surface area contributed by atoms with Gasteiger partial charge in [0.25, 0.3) is 0 Å². The molecule has 1 fully saturated rings. The first-order valence-corrected chi connectivity index (χ1v) is 5.81. The maximum absolute atomic E-state index is 11.9. The van der Waals surface area contributed by atoms with Crippen LogP contribution in [-0.4, -0.2) is 31.7 Å². The van der Waals surface area contributed by atoms with Gasteiger partial charge in [-0.3, -0.25) is 4.79 Å². The fraction of sp³-hybridized carbons (Fsp3) is 0.385. The molecule has 0 bridgehead atoms. The highest BCUT2D eigenvalue weighted by Crippen LogP contribution is 2.21. The highest BCUT2D eigenvalue weighted by molar-refractivity contribution is 5.96. The molecule has 1 aliphatic rings. The Balaban J connectivity index is 2.05. The van der Waals surface area contributed by atoms with Crippen LogP contribution in [0.15, 0.2) is 24.3 Å². The van der Waals surface area contributed by atoms with Crippen molar-refractivity contribution in [1.82, 2.24) is 5.32 Å². The first kappa shape index (κ1) is 12.4. The lowest BCUT2D eigenvalue weighted by molar-refractivity contribution is -0.117. The van der Waals surface area contributed by atoms with Gasteiger partial charge in [-0.2, -0.15) is 0 Å². The predicted octanol–water partition coefficient (Wildman–Crippen LogP) is 1.46. The summed E-state index contributed by atoms with van der Waals surface area (Å²) in [7, 11) is 1.31.